The Labute approximate surface area is 154 Å². The van der Waals surface area contributed by atoms with Gasteiger partial charge in [-0.25, -0.2) is 0 Å². The van der Waals surface area contributed by atoms with E-state index in [0.717, 1.165) is 5.39 Å². The van der Waals surface area contributed by atoms with Crippen LogP contribution in [-0.2, 0) is 10.1 Å². The van der Waals surface area contributed by atoms with Gasteiger partial charge in [-0.15, -0.1) is 0 Å². The summed E-state index contributed by atoms with van der Waals surface area (Å²) in [5, 5.41) is 13.7. The third kappa shape index (κ3) is 2.98. The van der Waals surface area contributed by atoms with E-state index in [9.17, 15) is 18.5 Å². The normalized spacial score (nSPS) is 11.6. The predicted molar refractivity (Wildman–Crippen MR) is 102 cm³/mol. The van der Waals surface area contributed by atoms with E-state index in [1.54, 1.807) is 36.4 Å². The van der Waals surface area contributed by atoms with Gasteiger partial charge in [0.2, 0.25) is 0 Å². The highest BCUT2D eigenvalue weighted by Crippen LogP contribution is 2.35. The maximum absolute atomic E-state index is 13.1. The standard InChI is InChI=1S/C20H13NO5S/c22-21(23)18-13-12-15-7-2-4-10-17(15)20(18)27(24,25)26-19-11-5-8-14-6-1-3-9-16(14)19/h1-13H. The van der Waals surface area contributed by atoms with Crippen molar-refractivity contribution in [2.24, 2.45) is 0 Å². The highest BCUT2D eigenvalue weighted by molar-refractivity contribution is 7.87. The van der Waals surface area contributed by atoms with E-state index in [1.165, 1.54) is 24.3 Å². The summed E-state index contributed by atoms with van der Waals surface area (Å²) in [5.41, 5.74) is -0.520. The van der Waals surface area contributed by atoms with Gasteiger partial charge in [0.15, 0.2) is 10.6 Å². The fourth-order valence-electron chi connectivity index (χ4n) is 3.07. The van der Waals surface area contributed by atoms with Gasteiger partial charge in [-0.05, 0) is 22.9 Å². The zero-order chi connectivity index (χ0) is 19.0. The third-order valence-corrected chi connectivity index (χ3v) is 5.58. The Balaban J connectivity index is 1.94. The molecule has 0 fully saturated rings. The van der Waals surface area contributed by atoms with Crippen LogP contribution in [-0.4, -0.2) is 13.3 Å². The van der Waals surface area contributed by atoms with Crippen molar-refractivity contribution >= 4 is 37.4 Å². The van der Waals surface area contributed by atoms with Crippen molar-refractivity contribution in [1.29, 1.82) is 0 Å². The van der Waals surface area contributed by atoms with Crippen molar-refractivity contribution in [2.75, 3.05) is 0 Å². The van der Waals surface area contributed by atoms with Gasteiger partial charge in [-0.3, -0.25) is 10.1 Å². The molecule has 0 amide bonds. The fraction of sp³-hybridized carbons (Fsp3) is 0. The van der Waals surface area contributed by atoms with E-state index in [4.69, 9.17) is 4.18 Å². The van der Waals surface area contributed by atoms with Crippen LogP contribution in [0.25, 0.3) is 21.5 Å². The molecule has 6 nitrogen and oxygen atoms in total. The zero-order valence-electron chi connectivity index (χ0n) is 13.9. The van der Waals surface area contributed by atoms with Crippen molar-refractivity contribution in [1.82, 2.24) is 0 Å². The van der Waals surface area contributed by atoms with E-state index >= 15 is 0 Å². The molecule has 0 bridgehead atoms. The number of benzene rings is 4. The largest absolute Gasteiger partial charge is 0.378 e. The lowest BCUT2D eigenvalue weighted by molar-refractivity contribution is -0.387. The average molecular weight is 379 g/mol. The molecule has 0 aromatic heterocycles. The maximum Gasteiger partial charge on any atom is 0.346 e. The van der Waals surface area contributed by atoms with Crippen LogP contribution in [0.1, 0.15) is 0 Å². The number of hydrogen-bond donors (Lipinski definition) is 0. The van der Waals surface area contributed by atoms with Crippen molar-refractivity contribution in [3.05, 3.63) is 89.0 Å². The molecule has 0 aliphatic rings. The average Bonchev–Trinajstić information content (AvgIpc) is 2.67. The van der Waals surface area contributed by atoms with E-state index in [-0.39, 0.29) is 11.1 Å². The summed E-state index contributed by atoms with van der Waals surface area (Å²) < 4.78 is 31.5. The number of nitro benzene ring substituents is 1. The summed E-state index contributed by atoms with van der Waals surface area (Å²) in [6, 6.07) is 21.5. The first kappa shape index (κ1) is 17.0. The Morgan fingerprint density at radius 2 is 1.33 bits per heavy atom. The smallest absolute Gasteiger partial charge is 0.346 e. The van der Waals surface area contributed by atoms with E-state index in [0.29, 0.717) is 10.8 Å². The molecule has 7 heteroatoms. The molecule has 0 aliphatic carbocycles. The van der Waals surface area contributed by atoms with Crippen LogP contribution >= 0.6 is 0 Å². The Hall–Kier alpha value is -3.45. The lowest BCUT2D eigenvalue weighted by atomic mass is 10.1. The van der Waals surface area contributed by atoms with Crippen molar-refractivity contribution in [2.45, 2.75) is 4.90 Å². The summed E-state index contributed by atoms with van der Waals surface area (Å²) in [4.78, 5) is 10.3. The lowest BCUT2D eigenvalue weighted by Gasteiger charge is -2.12. The zero-order valence-corrected chi connectivity index (χ0v) is 14.7. The van der Waals surface area contributed by atoms with Gasteiger partial charge in [-0.2, -0.15) is 8.42 Å². The van der Waals surface area contributed by atoms with E-state index < -0.39 is 25.6 Å². The Morgan fingerprint density at radius 1 is 0.741 bits per heavy atom. The minimum Gasteiger partial charge on any atom is -0.378 e. The molecule has 0 spiro atoms. The highest BCUT2D eigenvalue weighted by atomic mass is 32.2. The SMILES string of the molecule is O=[N+]([O-])c1ccc2ccccc2c1S(=O)(=O)Oc1cccc2ccccc12. The summed E-state index contributed by atoms with van der Waals surface area (Å²) >= 11 is 0. The first-order valence-electron chi connectivity index (χ1n) is 8.06. The number of hydrogen-bond acceptors (Lipinski definition) is 5. The molecule has 4 aromatic rings. The lowest BCUT2D eigenvalue weighted by Crippen LogP contribution is -2.13. The minimum absolute atomic E-state index is 0.121. The molecule has 134 valence electrons. The van der Waals surface area contributed by atoms with Crippen molar-refractivity contribution in [3.8, 4) is 5.75 Å². The van der Waals surface area contributed by atoms with Crippen molar-refractivity contribution < 1.29 is 17.5 Å². The maximum atomic E-state index is 13.1. The van der Waals surface area contributed by atoms with Crippen LogP contribution in [0.5, 0.6) is 5.75 Å². The molecule has 0 saturated carbocycles. The molecule has 4 aromatic carbocycles. The number of fused-ring (bicyclic) bond motifs is 2. The molecule has 0 saturated heterocycles. The minimum atomic E-state index is -4.45. The Bertz CT molecular complexity index is 1290. The molecule has 0 radical (unpaired) electrons. The number of nitrogens with zero attached hydrogens (tertiary/aromatic N) is 1. The van der Waals surface area contributed by atoms with Crippen LogP contribution < -0.4 is 4.18 Å². The van der Waals surface area contributed by atoms with Gasteiger partial charge in [0.25, 0.3) is 5.69 Å². The molecule has 0 atom stereocenters. The Morgan fingerprint density at radius 3 is 2.04 bits per heavy atom. The number of rotatable bonds is 4. The summed E-state index contributed by atoms with van der Waals surface area (Å²) in [7, 11) is -4.45. The molecule has 27 heavy (non-hydrogen) atoms. The second-order valence-electron chi connectivity index (χ2n) is 5.91. The van der Waals surface area contributed by atoms with Gasteiger partial charge in [0.1, 0.15) is 0 Å². The number of nitro groups is 1. The second kappa shape index (κ2) is 6.37. The second-order valence-corrected chi connectivity index (χ2v) is 7.39. The molecule has 0 aliphatic heterocycles. The van der Waals surface area contributed by atoms with Gasteiger partial charge in [0.05, 0.1) is 4.92 Å². The highest BCUT2D eigenvalue weighted by Gasteiger charge is 2.30. The predicted octanol–water partition coefficient (Wildman–Crippen LogP) is 4.67. The Kier molecular flexibility index (Phi) is 4.01. The molecular weight excluding hydrogens is 366 g/mol. The van der Waals surface area contributed by atoms with Gasteiger partial charge >= 0.3 is 10.1 Å². The quantitative estimate of drug-likeness (QED) is 0.292. The van der Waals surface area contributed by atoms with Crippen LogP contribution in [0.3, 0.4) is 0 Å². The van der Waals surface area contributed by atoms with Gasteiger partial charge in [0, 0.05) is 16.8 Å². The van der Waals surface area contributed by atoms with E-state index in [1.807, 2.05) is 18.2 Å². The fourth-order valence-corrected chi connectivity index (χ4v) is 4.39. The van der Waals surface area contributed by atoms with Crippen LogP contribution in [0, 0.1) is 10.1 Å². The summed E-state index contributed by atoms with van der Waals surface area (Å²) in [6.07, 6.45) is 0. The topological polar surface area (TPSA) is 86.5 Å². The van der Waals surface area contributed by atoms with E-state index in [2.05, 4.69) is 0 Å². The monoisotopic (exact) mass is 379 g/mol. The first-order valence-corrected chi connectivity index (χ1v) is 9.46. The van der Waals surface area contributed by atoms with Gasteiger partial charge < -0.3 is 4.18 Å². The van der Waals surface area contributed by atoms with Crippen LogP contribution in [0.2, 0.25) is 0 Å². The summed E-state index contributed by atoms with van der Waals surface area (Å²) in [6.45, 7) is 0. The van der Waals surface area contributed by atoms with Crippen LogP contribution in [0.4, 0.5) is 5.69 Å². The molecule has 0 unspecified atom stereocenters. The van der Waals surface area contributed by atoms with Crippen molar-refractivity contribution in [3.63, 3.8) is 0 Å². The molecular formula is C20H13NO5S. The third-order valence-electron chi connectivity index (χ3n) is 4.25. The van der Waals surface area contributed by atoms with Gasteiger partial charge in [-0.1, -0.05) is 60.7 Å². The van der Waals surface area contributed by atoms with Crippen LogP contribution in [0.15, 0.2) is 83.8 Å². The first-order chi connectivity index (χ1) is 13.0. The molecule has 0 heterocycles. The summed E-state index contributed by atoms with van der Waals surface area (Å²) in [5.74, 6) is 0.121. The molecule has 0 N–H and O–H groups in total. The molecule has 4 rings (SSSR count).